The number of carboxylic acids is 2. The number of aliphatic carboxylic acids is 2. The fraction of sp³-hybridized carbons (Fsp3) is 0.600. The van der Waals surface area contributed by atoms with Crippen LogP contribution in [0.2, 0.25) is 0 Å². The molecule has 6 heteroatoms. The van der Waals surface area contributed by atoms with E-state index >= 15 is 0 Å². The molecule has 0 aromatic carbocycles. The van der Waals surface area contributed by atoms with Crippen LogP contribution in [0, 0.1) is 0 Å². The Bertz CT molecular complexity index is 154. The van der Waals surface area contributed by atoms with Crippen molar-refractivity contribution in [3.05, 3.63) is 0 Å². The van der Waals surface area contributed by atoms with Crippen LogP contribution in [-0.2, 0) is 9.59 Å². The van der Waals surface area contributed by atoms with Crippen LogP contribution < -0.4 is 24.6 Å². The van der Waals surface area contributed by atoms with Gasteiger partial charge in [0.1, 0.15) is 6.04 Å². The molecule has 4 N–H and O–H groups in total. The van der Waals surface area contributed by atoms with Gasteiger partial charge in [-0.3, -0.25) is 9.59 Å². The molecule has 0 aromatic heterocycles. The molecule has 1 unspecified atom stereocenters. The minimum absolute atomic E-state index is 0. The third-order valence-corrected chi connectivity index (χ3v) is 0.986. The molecular formula is C5H10LiNO4. The Morgan fingerprint density at radius 2 is 1.91 bits per heavy atom. The predicted molar refractivity (Wildman–Crippen MR) is 33.6 cm³/mol. The average Bonchev–Trinajstić information content (AvgIpc) is 1.82. The van der Waals surface area contributed by atoms with Crippen molar-refractivity contribution in [3.8, 4) is 0 Å². The van der Waals surface area contributed by atoms with E-state index in [0.717, 1.165) is 0 Å². The number of hydrogen-bond donors (Lipinski definition) is 3. The van der Waals surface area contributed by atoms with Crippen molar-refractivity contribution in [2.75, 3.05) is 0 Å². The van der Waals surface area contributed by atoms with Gasteiger partial charge in [-0.25, -0.2) is 0 Å². The molecule has 0 heterocycles. The number of hydrogen-bond acceptors (Lipinski definition) is 3. The second-order valence-electron chi connectivity index (χ2n) is 1.88. The summed E-state index contributed by atoms with van der Waals surface area (Å²) in [7, 11) is 0. The summed E-state index contributed by atoms with van der Waals surface area (Å²) in [4.78, 5) is 19.9. The summed E-state index contributed by atoms with van der Waals surface area (Å²) in [6.07, 6.45) is -0.224. The van der Waals surface area contributed by atoms with Gasteiger partial charge >= 0.3 is 30.8 Å². The molecule has 5 nitrogen and oxygen atoms in total. The zero-order chi connectivity index (χ0) is 8.15. The Kier molecular flexibility index (Phi) is 7.42. The molecular weight excluding hydrogens is 145 g/mol. The molecule has 11 heavy (non-hydrogen) atoms. The Hall–Kier alpha value is -0.503. The molecule has 1 atom stereocenters. The number of carboxylic acid groups (broad SMARTS) is 2. The van der Waals surface area contributed by atoms with Crippen molar-refractivity contribution in [1.82, 2.24) is 0 Å². The molecule has 0 aromatic rings. The van der Waals surface area contributed by atoms with Crippen molar-refractivity contribution in [1.29, 1.82) is 0 Å². The third kappa shape index (κ3) is 7.39. The van der Waals surface area contributed by atoms with Crippen LogP contribution in [0.3, 0.4) is 0 Å². The van der Waals surface area contributed by atoms with Gasteiger partial charge in [0.05, 0.1) is 0 Å². The maximum atomic E-state index is 9.99. The van der Waals surface area contributed by atoms with Gasteiger partial charge in [-0.15, -0.1) is 0 Å². The van der Waals surface area contributed by atoms with Gasteiger partial charge < -0.3 is 17.4 Å². The zero-order valence-corrected chi connectivity index (χ0v) is 6.28. The van der Waals surface area contributed by atoms with Gasteiger partial charge in [-0.2, -0.15) is 0 Å². The van der Waals surface area contributed by atoms with Crippen LogP contribution in [-0.4, -0.2) is 28.2 Å². The van der Waals surface area contributed by atoms with Gasteiger partial charge in [-0.05, 0) is 6.42 Å². The van der Waals surface area contributed by atoms with E-state index in [1.807, 2.05) is 0 Å². The van der Waals surface area contributed by atoms with E-state index in [4.69, 9.17) is 15.9 Å². The van der Waals surface area contributed by atoms with Gasteiger partial charge in [0.25, 0.3) is 0 Å². The molecule has 60 valence electrons. The topological polar surface area (TPSA) is 101 Å². The van der Waals surface area contributed by atoms with Gasteiger partial charge in [0.15, 0.2) is 0 Å². The monoisotopic (exact) mass is 155 g/mol. The third-order valence-electron chi connectivity index (χ3n) is 0.986. The van der Waals surface area contributed by atoms with Crippen molar-refractivity contribution < 1.29 is 40.1 Å². The van der Waals surface area contributed by atoms with E-state index in [2.05, 4.69) is 0 Å². The maximum absolute atomic E-state index is 9.99. The minimum atomic E-state index is -1.17. The Balaban J connectivity index is -0.000000405. The first-order chi connectivity index (χ1) is 4.54. The average molecular weight is 155 g/mol. The van der Waals surface area contributed by atoms with E-state index < -0.39 is 18.0 Å². The van der Waals surface area contributed by atoms with E-state index in [9.17, 15) is 9.59 Å². The Labute approximate surface area is 77.2 Å². The van der Waals surface area contributed by atoms with Gasteiger partial charge in [0, 0.05) is 6.42 Å². The fourth-order valence-corrected chi connectivity index (χ4v) is 0.402. The molecule has 0 saturated heterocycles. The van der Waals surface area contributed by atoms with E-state index in [0.29, 0.717) is 0 Å². The summed E-state index contributed by atoms with van der Waals surface area (Å²) in [6, 6.07) is -1.06. The normalized spacial score (nSPS) is 11.4. The minimum Gasteiger partial charge on any atom is -1.00 e. The first-order valence-electron chi connectivity index (χ1n) is 2.74. The second-order valence-corrected chi connectivity index (χ2v) is 1.88. The van der Waals surface area contributed by atoms with Crippen LogP contribution in [0.25, 0.3) is 0 Å². The number of nitrogens with two attached hydrogens (primary N) is 1. The SMILES string of the molecule is NC(CCC(=O)O)C(=O)O.[H-].[Li+]. The predicted octanol–water partition coefficient (Wildman–Crippen LogP) is -3.62. The molecule has 0 amide bonds. The molecule has 0 spiro atoms. The molecule has 0 aliphatic heterocycles. The summed E-state index contributed by atoms with van der Waals surface area (Å²) in [5.41, 5.74) is 5.00. The van der Waals surface area contributed by atoms with Crippen LogP contribution in [0.5, 0.6) is 0 Å². The zero-order valence-electron chi connectivity index (χ0n) is 7.28. The fourth-order valence-electron chi connectivity index (χ4n) is 0.402. The van der Waals surface area contributed by atoms with Crippen LogP contribution in [0.1, 0.15) is 14.3 Å². The van der Waals surface area contributed by atoms with Crippen LogP contribution in [0.15, 0.2) is 0 Å². The molecule has 0 aliphatic carbocycles. The van der Waals surface area contributed by atoms with Crippen molar-refractivity contribution in [2.24, 2.45) is 5.73 Å². The summed E-state index contributed by atoms with van der Waals surface area (Å²) in [5, 5.41) is 16.3. The smallest absolute Gasteiger partial charge is 1.00 e. The molecule has 0 rings (SSSR count). The van der Waals surface area contributed by atoms with E-state index in [1.54, 1.807) is 0 Å². The Morgan fingerprint density at radius 1 is 1.45 bits per heavy atom. The quantitative estimate of drug-likeness (QED) is 0.364. The summed E-state index contributed by atoms with van der Waals surface area (Å²) >= 11 is 0. The van der Waals surface area contributed by atoms with Crippen molar-refractivity contribution in [3.63, 3.8) is 0 Å². The van der Waals surface area contributed by atoms with E-state index in [1.165, 1.54) is 0 Å². The van der Waals surface area contributed by atoms with Crippen molar-refractivity contribution in [2.45, 2.75) is 18.9 Å². The first kappa shape index (κ1) is 13.1. The molecule has 0 radical (unpaired) electrons. The summed E-state index contributed by atoms with van der Waals surface area (Å²) < 4.78 is 0. The van der Waals surface area contributed by atoms with Crippen molar-refractivity contribution >= 4 is 11.9 Å². The number of rotatable bonds is 4. The second kappa shape index (κ2) is 6.22. The first-order valence-corrected chi connectivity index (χ1v) is 2.74. The molecule has 0 saturated carbocycles. The largest absolute Gasteiger partial charge is 1.00 e. The molecule has 0 aliphatic rings. The van der Waals surface area contributed by atoms with Gasteiger partial charge in [0.2, 0.25) is 0 Å². The van der Waals surface area contributed by atoms with Crippen LogP contribution in [0.4, 0.5) is 0 Å². The summed E-state index contributed by atoms with van der Waals surface area (Å²) in [5.74, 6) is -2.20. The van der Waals surface area contributed by atoms with Crippen LogP contribution >= 0.6 is 0 Å². The molecule has 0 bridgehead atoms. The Morgan fingerprint density at radius 3 is 2.18 bits per heavy atom. The number of carbonyl (C=O) groups is 2. The summed E-state index contributed by atoms with van der Waals surface area (Å²) in [6.45, 7) is 0. The van der Waals surface area contributed by atoms with E-state index in [-0.39, 0.29) is 33.1 Å². The standard InChI is InChI=1S/C5H9NO4.Li.H/c6-3(5(9)10)1-2-4(7)8;;/h3H,1-2,6H2,(H,7,8)(H,9,10);;/q;+1;-1. The maximum Gasteiger partial charge on any atom is 1.00 e. The van der Waals surface area contributed by atoms with Gasteiger partial charge in [-0.1, -0.05) is 0 Å². The molecule has 0 fully saturated rings.